The highest BCUT2D eigenvalue weighted by Gasteiger charge is 2.29. The Bertz CT molecular complexity index is 904. The minimum absolute atomic E-state index is 0.0341. The molecule has 0 spiro atoms. The maximum atomic E-state index is 12.2. The number of hydrogen-bond donors (Lipinski definition) is 2. The van der Waals surface area contributed by atoms with Crippen molar-refractivity contribution < 1.29 is 9.59 Å². The van der Waals surface area contributed by atoms with Crippen molar-refractivity contribution in [2.75, 3.05) is 10.6 Å². The monoisotopic (exact) mass is 345 g/mol. The molecule has 0 atom stereocenters. The third kappa shape index (κ3) is 4.58. The molecule has 1 saturated carbocycles. The molecule has 0 aromatic heterocycles. The van der Waals surface area contributed by atoms with Gasteiger partial charge in [-0.25, -0.2) is 0 Å². The molecule has 1 aliphatic carbocycles. The van der Waals surface area contributed by atoms with Gasteiger partial charge >= 0.3 is 0 Å². The smallest absolute Gasteiger partial charge is 0.248 e. The average Bonchev–Trinajstić information content (AvgIpc) is 3.48. The van der Waals surface area contributed by atoms with E-state index in [1.165, 1.54) is 6.08 Å². The minimum Gasteiger partial charge on any atom is -0.326 e. The molecule has 3 rings (SSSR count). The molecule has 1 aliphatic rings. The maximum Gasteiger partial charge on any atom is 0.248 e. The number of nitrogens with one attached hydrogen (secondary N) is 2. The number of nitriles is 1. The Labute approximate surface area is 152 Å². The van der Waals surface area contributed by atoms with Crippen LogP contribution in [0, 0.1) is 24.2 Å². The summed E-state index contributed by atoms with van der Waals surface area (Å²) >= 11 is 0. The summed E-state index contributed by atoms with van der Waals surface area (Å²) in [5.41, 5.74) is 3.66. The molecule has 130 valence electrons. The molecule has 2 N–H and O–H groups in total. The number of carbonyl (C=O) groups excluding carboxylic acids is 2. The summed E-state index contributed by atoms with van der Waals surface area (Å²) in [4.78, 5) is 24.0. The first-order chi connectivity index (χ1) is 12.5. The van der Waals surface area contributed by atoms with Gasteiger partial charge in [0.1, 0.15) is 0 Å². The van der Waals surface area contributed by atoms with Crippen LogP contribution in [0.3, 0.4) is 0 Å². The maximum absolute atomic E-state index is 12.2. The van der Waals surface area contributed by atoms with Gasteiger partial charge in [0.05, 0.1) is 11.6 Å². The Hall–Kier alpha value is -3.39. The van der Waals surface area contributed by atoms with E-state index >= 15 is 0 Å². The Kier molecular flexibility index (Phi) is 5.14. The molecule has 0 radical (unpaired) electrons. The van der Waals surface area contributed by atoms with Crippen molar-refractivity contribution in [2.24, 2.45) is 5.92 Å². The van der Waals surface area contributed by atoms with Gasteiger partial charge in [0.15, 0.2) is 0 Å². The number of anilines is 2. The first-order valence-corrected chi connectivity index (χ1v) is 8.46. The largest absolute Gasteiger partial charge is 0.326 e. The van der Waals surface area contributed by atoms with Crippen molar-refractivity contribution in [1.29, 1.82) is 5.26 Å². The number of rotatable bonds is 5. The Morgan fingerprint density at radius 1 is 1.12 bits per heavy atom. The Morgan fingerprint density at radius 3 is 2.50 bits per heavy atom. The molecule has 2 amide bonds. The third-order valence-electron chi connectivity index (χ3n) is 4.18. The van der Waals surface area contributed by atoms with Crippen LogP contribution in [0.2, 0.25) is 0 Å². The van der Waals surface area contributed by atoms with Crippen LogP contribution in [0.4, 0.5) is 11.4 Å². The highest BCUT2D eigenvalue weighted by Crippen LogP contribution is 2.30. The van der Waals surface area contributed by atoms with Gasteiger partial charge in [-0.05, 0) is 61.2 Å². The molecule has 5 heteroatoms. The highest BCUT2D eigenvalue weighted by atomic mass is 16.2. The molecule has 0 unspecified atom stereocenters. The minimum atomic E-state index is -0.261. The molecule has 0 aliphatic heterocycles. The summed E-state index contributed by atoms with van der Waals surface area (Å²) in [6.45, 7) is 1.90. The van der Waals surface area contributed by atoms with E-state index in [-0.39, 0.29) is 17.7 Å². The highest BCUT2D eigenvalue weighted by molar-refractivity contribution is 6.03. The zero-order chi connectivity index (χ0) is 18.5. The van der Waals surface area contributed by atoms with Crippen molar-refractivity contribution in [3.8, 4) is 6.07 Å². The third-order valence-corrected chi connectivity index (χ3v) is 4.18. The van der Waals surface area contributed by atoms with Gasteiger partial charge in [-0.1, -0.05) is 18.2 Å². The van der Waals surface area contributed by atoms with Gasteiger partial charge < -0.3 is 10.6 Å². The van der Waals surface area contributed by atoms with Crippen LogP contribution in [0.1, 0.15) is 29.5 Å². The Balaban J connectivity index is 1.64. The van der Waals surface area contributed by atoms with E-state index in [0.717, 1.165) is 24.0 Å². The molecule has 5 nitrogen and oxygen atoms in total. The second-order valence-corrected chi connectivity index (χ2v) is 6.35. The molecule has 26 heavy (non-hydrogen) atoms. The van der Waals surface area contributed by atoms with Crippen LogP contribution in [0.25, 0.3) is 6.08 Å². The number of amides is 2. The average molecular weight is 345 g/mol. The lowest BCUT2D eigenvalue weighted by Crippen LogP contribution is -2.14. The summed E-state index contributed by atoms with van der Waals surface area (Å²) in [6, 6.07) is 14.5. The lowest BCUT2D eigenvalue weighted by molar-refractivity contribution is -0.117. The number of aryl methyl sites for hydroxylation is 1. The lowest BCUT2D eigenvalue weighted by Gasteiger charge is -2.10. The number of nitrogens with zero attached hydrogens (tertiary/aromatic N) is 1. The zero-order valence-corrected chi connectivity index (χ0v) is 14.5. The predicted molar refractivity (Wildman–Crippen MR) is 101 cm³/mol. The van der Waals surface area contributed by atoms with Crippen molar-refractivity contribution >= 4 is 29.3 Å². The summed E-state index contributed by atoms with van der Waals surface area (Å²) in [5.74, 6) is -0.0975. The summed E-state index contributed by atoms with van der Waals surface area (Å²) in [7, 11) is 0. The fourth-order valence-corrected chi connectivity index (χ4v) is 2.44. The van der Waals surface area contributed by atoms with Gasteiger partial charge in [-0.2, -0.15) is 5.26 Å². The SMILES string of the molecule is Cc1ccc(NC(=O)C2CC2)cc1NC(=O)/C=C/c1ccc(C#N)cc1. The molecule has 1 fully saturated rings. The summed E-state index contributed by atoms with van der Waals surface area (Å²) in [5, 5.41) is 14.5. The van der Waals surface area contributed by atoms with Gasteiger partial charge in [0, 0.05) is 23.4 Å². The summed E-state index contributed by atoms with van der Waals surface area (Å²) in [6.07, 6.45) is 5.02. The van der Waals surface area contributed by atoms with Crippen molar-refractivity contribution in [1.82, 2.24) is 0 Å². The first kappa shape index (κ1) is 17.4. The van der Waals surface area contributed by atoms with Gasteiger partial charge in [0.25, 0.3) is 0 Å². The molecular weight excluding hydrogens is 326 g/mol. The van der Waals surface area contributed by atoms with Crippen molar-refractivity contribution in [2.45, 2.75) is 19.8 Å². The van der Waals surface area contributed by atoms with Gasteiger partial charge in [0.2, 0.25) is 11.8 Å². The van der Waals surface area contributed by atoms with Crippen LogP contribution in [-0.2, 0) is 9.59 Å². The normalized spacial score (nSPS) is 13.2. The fraction of sp³-hybridized carbons (Fsp3) is 0.190. The van der Waals surface area contributed by atoms with E-state index in [9.17, 15) is 9.59 Å². The van der Waals surface area contributed by atoms with Crippen LogP contribution >= 0.6 is 0 Å². The quantitative estimate of drug-likeness (QED) is 0.807. The van der Waals surface area contributed by atoms with E-state index < -0.39 is 0 Å². The topological polar surface area (TPSA) is 82.0 Å². The van der Waals surface area contributed by atoms with E-state index in [2.05, 4.69) is 16.7 Å². The second kappa shape index (κ2) is 7.66. The predicted octanol–water partition coefficient (Wildman–Crippen LogP) is 3.87. The van der Waals surface area contributed by atoms with Gasteiger partial charge in [-0.3, -0.25) is 9.59 Å². The molecule has 0 bridgehead atoms. The number of benzene rings is 2. The molecular formula is C21H19N3O2. The number of hydrogen-bond acceptors (Lipinski definition) is 3. The zero-order valence-electron chi connectivity index (χ0n) is 14.5. The van der Waals surface area contributed by atoms with Crippen LogP contribution in [-0.4, -0.2) is 11.8 Å². The van der Waals surface area contributed by atoms with Crippen LogP contribution < -0.4 is 10.6 Å². The van der Waals surface area contributed by atoms with Crippen molar-refractivity contribution in [3.63, 3.8) is 0 Å². The van der Waals surface area contributed by atoms with Crippen LogP contribution in [0.15, 0.2) is 48.5 Å². The van der Waals surface area contributed by atoms with E-state index in [4.69, 9.17) is 5.26 Å². The van der Waals surface area contributed by atoms with E-state index in [1.807, 2.05) is 19.1 Å². The van der Waals surface area contributed by atoms with E-state index in [0.29, 0.717) is 16.9 Å². The molecule has 0 heterocycles. The lowest BCUT2D eigenvalue weighted by atomic mass is 10.1. The second-order valence-electron chi connectivity index (χ2n) is 6.35. The first-order valence-electron chi connectivity index (χ1n) is 8.46. The van der Waals surface area contributed by atoms with E-state index in [1.54, 1.807) is 36.4 Å². The molecule has 2 aromatic carbocycles. The Morgan fingerprint density at radius 2 is 1.85 bits per heavy atom. The van der Waals surface area contributed by atoms with Crippen LogP contribution in [0.5, 0.6) is 0 Å². The fourth-order valence-electron chi connectivity index (χ4n) is 2.44. The number of carbonyl (C=O) groups is 2. The molecule has 2 aromatic rings. The van der Waals surface area contributed by atoms with Gasteiger partial charge in [-0.15, -0.1) is 0 Å². The standard InChI is InChI=1S/C21H19N3O2/c1-14-2-10-18(23-21(26)17-8-9-17)12-19(14)24-20(25)11-7-15-3-5-16(13-22)6-4-15/h2-7,10-12,17H,8-9H2,1H3,(H,23,26)(H,24,25)/b11-7+. The molecule has 0 saturated heterocycles. The van der Waals surface area contributed by atoms with Crippen molar-refractivity contribution in [3.05, 3.63) is 65.2 Å². The summed E-state index contributed by atoms with van der Waals surface area (Å²) < 4.78 is 0.